The summed E-state index contributed by atoms with van der Waals surface area (Å²) >= 11 is 8.90. The molecule has 0 saturated heterocycles. The molecule has 1 heterocycles. The van der Waals surface area contributed by atoms with E-state index in [1.165, 1.54) is 24.4 Å². The molecule has 3 rings (SSSR count). The molecule has 0 aliphatic rings. The maximum atomic E-state index is 14.1. The largest absolute Gasteiger partial charge is 0.354 e. The molecule has 102 valence electrons. The van der Waals surface area contributed by atoms with Crippen LogP contribution in [0.2, 0.25) is 5.02 Å². The van der Waals surface area contributed by atoms with Crippen molar-refractivity contribution in [1.29, 1.82) is 0 Å². The number of aromatic amines is 1. The number of rotatable bonds is 2. The van der Waals surface area contributed by atoms with E-state index in [0.717, 1.165) is 0 Å². The normalized spacial score (nSPS) is 11.0. The van der Waals surface area contributed by atoms with Crippen LogP contribution < -0.4 is 5.32 Å². The van der Waals surface area contributed by atoms with Gasteiger partial charge in [-0.3, -0.25) is 5.10 Å². The highest BCUT2D eigenvalue weighted by Crippen LogP contribution is 2.34. The van der Waals surface area contributed by atoms with E-state index in [2.05, 4.69) is 31.4 Å². The van der Waals surface area contributed by atoms with Crippen molar-refractivity contribution in [3.63, 3.8) is 0 Å². The van der Waals surface area contributed by atoms with Crippen molar-refractivity contribution in [2.45, 2.75) is 0 Å². The molecule has 2 aromatic carbocycles. The Bertz CT molecular complexity index is 804. The molecule has 3 nitrogen and oxygen atoms in total. The van der Waals surface area contributed by atoms with Crippen LogP contribution in [0, 0.1) is 11.6 Å². The van der Waals surface area contributed by atoms with E-state index in [-0.39, 0.29) is 9.50 Å². The summed E-state index contributed by atoms with van der Waals surface area (Å²) in [6.45, 7) is 0. The molecule has 1 aromatic heterocycles. The molecule has 0 radical (unpaired) electrons. The maximum absolute atomic E-state index is 14.1. The van der Waals surface area contributed by atoms with Gasteiger partial charge in [0.1, 0.15) is 11.3 Å². The summed E-state index contributed by atoms with van der Waals surface area (Å²) in [5.41, 5.74) is 1.37. The Morgan fingerprint density at radius 3 is 2.80 bits per heavy atom. The molecular weight excluding hydrogens is 352 g/mol. The Morgan fingerprint density at radius 2 is 2.05 bits per heavy atom. The summed E-state index contributed by atoms with van der Waals surface area (Å²) in [7, 11) is 0. The van der Waals surface area contributed by atoms with Gasteiger partial charge in [-0.15, -0.1) is 0 Å². The van der Waals surface area contributed by atoms with Gasteiger partial charge in [-0.2, -0.15) is 5.10 Å². The summed E-state index contributed by atoms with van der Waals surface area (Å²) < 4.78 is 27.5. The Kier molecular flexibility index (Phi) is 3.35. The van der Waals surface area contributed by atoms with Gasteiger partial charge >= 0.3 is 0 Å². The Labute approximate surface area is 126 Å². The van der Waals surface area contributed by atoms with Crippen molar-refractivity contribution in [2.24, 2.45) is 0 Å². The van der Waals surface area contributed by atoms with Crippen molar-refractivity contribution in [3.05, 3.63) is 51.6 Å². The average molecular weight is 359 g/mol. The van der Waals surface area contributed by atoms with Crippen LogP contribution in [-0.2, 0) is 0 Å². The van der Waals surface area contributed by atoms with Crippen molar-refractivity contribution >= 4 is 49.8 Å². The van der Waals surface area contributed by atoms with E-state index >= 15 is 0 Å². The Balaban J connectivity index is 2.05. The van der Waals surface area contributed by atoms with E-state index in [0.29, 0.717) is 22.3 Å². The zero-order valence-corrected chi connectivity index (χ0v) is 12.2. The van der Waals surface area contributed by atoms with Gasteiger partial charge in [0.25, 0.3) is 0 Å². The summed E-state index contributed by atoms with van der Waals surface area (Å²) in [6.07, 6.45) is 1.52. The topological polar surface area (TPSA) is 40.7 Å². The van der Waals surface area contributed by atoms with Gasteiger partial charge in [0.2, 0.25) is 0 Å². The molecule has 3 aromatic rings. The number of anilines is 2. The predicted octanol–water partition coefficient (Wildman–Crippen LogP) is 5.00. The first-order valence-electron chi connectivity index (χ1n) is 5.59. The molecule has 0 bridgehead atoms. The monoisotopic (exact) mass is 357 g/mol. The van der Waals surface area contributed by atoms with E-state index in [1.54, 1.807) is 6.07 Å². The summed E-state index contributed by atoms with van der Waals surface area (Å²) in [4.78, 5) is 0. The second kappa shape index (κ2) is 5.03. The highest BCUT2D eigenvalue weighted by atomic mass is 79.9. The molecule has 2 N–H and O–H groups in total. The standard InChI is InChI=1S/C13H7BrClF2N3/c14-11-10(3-6-5-18-20-13(6)12(11)17)19-7-1-2-9(16)8(15)4-7/h1-5,19H,(H,18,20). The van der Waals surface area contributed by atoms with Crippen molar-refractivity contribution in [1.82, 2.24) is 10.2 Å². The number of aromatic nitrogens is 2. The number of hydrogen-bond acceptors (Lipinski definition) is 2. The van der Waals surface area contributed by atoms with Crippen LogP contribution in [0.5, 0.6) is 0 Å². The first-order valence-corrected chi connectivity index (χ1v) is 6.76. The Hall–Kier alpha value is -1.66. The van der Waals surface area contributed by atoms with Crippen molar-refractivity contribution in [3.8, 4) is 0 Å². The van der Waals surface area contributed by atoms with E-state index in [1.807, 2.05) is 0 Å². The number of fused-ring (bicyclic) bond motifs is 1. The molecule has 0 saturated carbocycles. The number of hydrogen-bond donors (Lipinski definition) is 2. The van der Waals surface area contributed by atoms with Gasteiger partial charge < -0.3 is 5.32 Å². The fraction of sp³-hybridized carbons (Fsp3) is 0. The fourth-order valence-electron chi connectivity index (χ4n) is 1.85. The minimum Gasteiger partial charge on any atom is -0.354 e. The molecule has 0 unspecified atom stereocenters. The van der Waals surface area contributed by atoms with Crippen LogP contribution in [-0.4, -0.2) is 10.2 Å². The lowest BCUT2D eigenvalue weighted by molar-refractivity contribution is 0.628. The van der Waals surface area contributed by atoms with Crippen LogP contribution in [0.4, 0.5) is 20.2 Å². The molecule has 0 amide bonds. The van der Waals surface area contributed by atoms with Crippen LogP contribution in [0.25, 0.3) is 10.9 Å². The van der Waals surface area contributed by atoms with Gasteiger partial charge in [-0.25, -0.2) is 8.78 Å². The molecule has 20 heavy (non-hydrogen) atoms. The number of H-pyrrole nitrogens is 1. The molecule has 0 aliphatic carbocycles. The highest BCUT2D eigenvalue weighted by molar-refractivity contribution is 9.10. The third-order valence-corrected chi connectivity index (χ3v) is 3.88. The quantitative estimate of drug-likeness (QED) is 0.677. The van der Waals surface area contributed by atoms with Gasteiger partial charge in [0.05, 0.1) is 21.4 Å². The lowest BCUT2D eigenvalue weighted by atomic mass is 10.2. The summed E-state index contributed by atoms with van der Waals surface area (Å²) in [5.74, 6) is -0.955. The zero-order valence-electron chi connectivity index (χ0n) is 9.85. The molecule has 0 aliphatic heterocycles. The van der Waals surface area contributed by atoms with Crippen molar-refractivity contribution in [2.75, 3.05) is 5.32 Å². The number of nitrogens with one attached hydrogen (secondary N) is 2. The molecular formula is C13H7BrClF2N3. The second-order valence-electron chi connectivity index (χ2n) is 4.14. The van der Waals surface area contributed by atoms with Gasteiger partial charge in [-0.1, -0.05) is 11.6 Å². The average Bonchev–Trinajstić information content (AvgIpc) is 2.88. The number of nitrogens with zero attached hydrogens (tertiary/aromatic N) is 1. The zero-order chi connectivity index (χ0) is 14.3. The Morgan fingerprint density at radius 1 is 1.25 bits per heavy atom. The van der Waals surface area contributed by atoms with Gasteiger partial charge in [0.15, 0.2) is 5.82 Å². The van der Waals surface area contributed by atoms with Crippen LogP contribution in [0.1, 0.15) is 0 Å². The molecule has 0 spiro atoms. The smallest absolute Gasteiger partial charge is 0.165 e. The van der Waals surface area contributed by atoms with Gasteiger partial charge in [0, 0.05) is 11.1 Å². The summed E-state index contributed by atoms with van der Waals surface area (Å²) in [5, 5.41) is 9.98. The van der Waals surface area contributed by atoms with Crippen LogP contribution >= 0.6 is 27.5 Å². The number of benzene rings is 2. The SMILES string of the molecule is Fc1ccc(Nc2cc3cn[nH]c3c(F)c2Br)cc1Cl. The first kappa shape index (κ1) is 13.3. The van der Waals surface area contributed by atoms with Crippen LogP contribution in [0.15, 0.2) is 34.9 Å². The van der Waals surface area contributed by atoms with Crippen LogP contribution in [0.3, 0.4) is 0 Å². The lowest BCUT2D eigenvalue weighted by Crippen LogP contribution is -1.94. The van der Waals surface area contributed by atoms with E-state index < -0.39 is 11.6 Å². The summed E-state index contributed by atoms with van der Waals surface area (Å²) in [6, 6.07) is 5.92. The van der Waals surface area contributed by atoms with Gasteiger partial charge in [-0.05, 0) is 40.2 Å². The van der Waals surface area contributed by atoms with Crippen molar-refractivity contribution < 1.29 is 8.78 Å². The second-order valence-corrected chi connectivity index (χ2v) is 5.34. The molecule has 7 heteroatoms. The fourth-order valence-corrected chi connectivity index (χ4v) is 2.44. The number of halogens is 4. The third-order valence-electron chi connectivity index (χ3n) is 2.82. The predicted molar refractivity (Wildman–Crippen MR) is 78.4 cm³/mol. The lowest BCUT2D eigenvalue weighted by Gasteiger charge is -2.10. The van der Waals surface area contributed by atoms with E-state index in [4.69, 9.17) is 11.6 Å². The minimum atomic E-state index is -0.507. The first-order chi connectivity index (χ1) is 9.56. The van der Waals surface area contributed by atoms with E-state index in [9.17, 15) is 8.78 Å². The third kappa shape index (κ3) is 2.25. The molecule has 0 fully saturated rings. The molecule has 0 atom stereocenters. The minimum absolute atomic E-state index is 0.00372. The highest BCUT2D eigenvalue weighted by Gasteiger charge is 2.13. The maximum Gasteiger partial charge on any atom is 0.165 e.